The summed E-state index contributed by atoms with van der Waals surface area (Å²) in [6.45, 7) is 4.06. The van der Waals surface area contributed by atoms with E-state index in [-0.39, 0.29) is 5.56 Å². The van der Waals surface area contributed by atoms with Crippen LogP contribution in [0.2, 0.25) is 0 Å². The molecule has 1 aromatic carbocycles. The number of benzene rings is 1. The van der Waals surface area contributed by atoms with Gasteiger partial charge in [0.25, 0.3) is 0 Å². The van der Waals surface area contributed by atoms with E-state index in [1.807, 2.05) is 13.8 Å². The molecule has 0 aliphatic rings. The van der Waals surface area contributed by atoms with Gasteiger partial charge in [-0.2, -0.15) is 13.2 Å². The summed E-state index contributed by atoms with van der Waals surface area (Å²) in [5.41, 5.74) is 1.23. The minimum absolute atomic E-state index is 0.270. The summed E-state index contributed by atoms with van der Waals surface area (Å²) >= 11 is 0. The van der Waals surface area contributed by atoms with Crippen molar-refractivity contribution in [3.63, 3.8) is 0 Å². The summed E-state index contributed by atoms with van der Waals surface area (Å²) in [4.78, 5) is 0. The van der Waals surface area contributed by atoms with Crippen LogP contribution in [0.5, 0.6) is 0 Å². The lowest BCUT2D eigenvalue weighted by Crippen LogP contribution is -2.34. The molecule has 0 saturated carbocycles. The normalized spacial score (nSPS) is 13.8. The molecular formula is C12H16F3N. The van der Waals surface area contributed by atoms with Gasteiger partial charge in [0.05, 0.1) is 0 Å². The Hall–Kier alpha value is -1.03. The van der Waals surface area contributed by atoms with Gasteiger partial charge in [0.15, 0.2) is 0 Å². The molecule has 0 spiro atoms. The summed E-state index contributed by atoms with van der Waals surface area (Å²) in [5.74, 6) is 0. The van der Waals surface area contributed by atoms with Crippen LogP contribution in [0.15, 0.2) is 24.3 Å². The smallest absolute Gasteiger partial charge is 0.302 e. The number of aryl methyl sites for hydroxylation is 1. The fourth-order valence-corrected chi connectivity index (χ4v) is 1.47. The predicted octanol–water partition coefficient (Wildman–Crippen LogP) is 3.60. The zero-order valence-electron chi connectivity index (χ0n) is 9.43. The Morgan fingerprint density at radius 3 is 2.19 bits per heavy atom. The highest BCUT2D eigenvalue weighted by atomic mass is 19.4. The first kappa shape index (κ1) is 13.0. The Kier molecular flexibility index (Phi) is 4.35. The second-order valence-electron chi connectivity index (χ2n) is 3.84. The molecule has 1 rings (SSSR count). The molecule has 0 radical (unpaired) electrons. The van der Waals surface area contributed by atoms with Crippen LogP contribution in [-0.2, 0) is 0 Å². The maximum absolute atomic E-state index is 12.8. The molecular weight excluding hydrogens is 215 g/mol. The molecule has 0 aliphatic carbocycles. The Balaban J connectivity index is 2.88. The van der Waals surface area contributed by atoms with Crippen molar-refractivity contribution in [2.24, 2.45) is 0 Å². The van der Waals surface area contributed by atoms with Gasteiger partial charge >= 0.3 is 6.18 Å². The molecule has 1 unspecified atom stereocenters. The molecule has 0 saturated heterocycles. The number of alkyl halides is 3. The highest BCUT2D eigenvalue weighted by Crippen LogP contribution is 2.32. The van der Waals surface area contributed by atoms with E-state index >= 15 is 0 Å². The molecule has 0 heterocycles. The quantitative estimate of drug-likeness (QED) is 0.834. The van der Waals surface area contributed by atoms with Crippen molar-refractivity contribution in [1.29, 1.82) is 0 Å². The first-order valence-electron chi connectivity index (χ1n) is 5.31. The number of hydrogen-bond donors (Lipinski definition) is 1. The summed E-state index contributed by atoms with van der Waals surface area (Å²) in [7, 11) is 0. The van der Waals surface area contributed by atoms with E-state index in [2.05, 4.69) is 5.32 Å². The fourth-order valence-electron chi connectivity index (χ4n) is 1.47. The lowest BCUT2D eigenvalue weighted by molar-refractivity contribution is -0.157. The predicted molar refractivity (Wildman–Crippen MR) is 58.3 cm³/mol. The molecule has 16 heavy (non-hydrogen) atoms. The summed E-state index contributed by atoms with van der Waals surface area (Å²) in [5, 5.41) is 2.52. The van der Waals surface area contributed by atoms with Crippen LogP contribution < -0.4 is 5.32 Å². The Morgan fingerprint density at radius 1 is 1.19 bits per heavy atom. The van der Waals surface area contributed by atoms with Crippen LogP contribution in [0.4, 0.5) is 13.2 Å². The third kappa shape index (κ3) is 3.52. The maximum atomic E-state index is 12.8. The van der Waals surface area contributed by atoms with Gasteiger partial charge in [-0.25, -0.2) is 0 Å². The van der Waals surface area contributed by atoms with E-state index in [0.717, 1.165) is 5.56 Å². The van der Waals surface area contributed by atoms with E-state index in [1.165, 1.54) is 12.1 Å². The fraction of sp³-hybridized carbons (Fsp3) is 0.500. The van der Waals surface area contributed by atoms with E-state index < -0.39 is 12.2 Å². The third-order valence-corrected chi connectivity index (χ3v) is 2.34. The first-order valence-corrected chi connectivity index (χ1v) is 5.31. The second-order valence-corrected chi connectivity index (χ2v) is 3.84. The molecule has 1 aromatic rings. The van der Waals surface area contributed by atoms with E-state index in [9.17, 15) is 13.2 Å². The standard InChI is InChI=1S/C12H16F3N/c1-3-8-16-11(12(13,14)15)10-6-4-9(2)5-7-10/h4-7,11,16H,3,8H2,1-2H3. The zero-order chi connectivity index (χ0) is 12.2. The Labute approximate surface area is 93.7 Å². The minimum Gasteiger partial charge on any atom is -0.302 e. The molecule has 0 amide bonds. The second kappa shape index (κ2) is 5.34. The largest absolute Gasteiger partial charge is 0.407 e. The zero-order valence-corrected chi connectivity index (χ0v) is 9.43. The minimum atomic E-state index is -4.25. The monoisotopic (exact) mass is 231 g/mol. The number of nitrogens with one attached hydrogen (secondary N) is 1. The van der Waals surface area contributed by atoms with Gasteiger partial charge in [0.1, 0.15) is 6.04 Å². The van der Waals surface area contributed by atoms with Gasteiger partial charge in [-0.15, -0.1) is 0 Å². The molecule has 90 valence electrons. The van der Waals surface area contributed by atoms with Crippen molar-refractivity contribution in [2.75, 3.05) is 6.54 Å². The van der Waals surface area contributed by atoms with Gasteiger partial charge in [-0.3, -0.25) is 0 Å². The SMILES string of the molecule is CCCNC(c1ccc(C)cc1)C(F)(F)F. The summed E-state index contributed by atoms with van der Waals surface area (Å²) in [6, 6.07) is 4.88. The van der Waals surface area contributed by atoms with Crippen molar-refractivity contribution in [3.8, 4) is 0 Å². The average Bonchev–Trinajstić information content (AvgIpc) is 2.19. The molecule has 0 aliphatic heterocycles. The van der Waals surface area contributed by atoms with Crippen LogP contribution in [0, 0.1) is 6.92 Å². The van der Waals surface area contributed by atoms with Crippen LogP contribution in [0.25, 0.3) is 0 Å². The number of halogens is 3. The van der Waals surface area contributed by atoms with Crippen molar-refractivity contribution in [2.45, 2.75) is 32.5 Å². The topological polar surface area (TPSA) is 12.0 Å². The first-order chi connectivity index (χ1) is 7.45. The third-order valence-electron chi connectivity index (χ3n) is 2.34. The van der Waals surface area contributed by atoms with Crippen molar-refractivity contribution < 1.29 is 13.2 Å². The van der Waals surface area contributed by atoms with E-state index in [0.29, 0.717) is 13.0 Å². The van der Waals surface area contributed by atoms with Crippen LogP contribution >= 0.6 is 0 Å². The molecule has 0 fully saturated rings. The van der Waals surface area contributed by atoms with Crippen LogP contribution in [-0.4, -0.2) is 12.7 Å². The van der Waals surface area contributed by atoms with Crippen LogP contribution in [0.3, 0.4) is 0 Å². The van der Waals surface area contributed by atoms with E-state index in [1.54, 1.807) is 12.1 Å². The average molecular weight is 231 g/mol. The van der Waals surface area contributed by atoms with Crippen molar-refractivity contribution >= 4 is 0 Å². The highest BCUT2D eigenvalue weighted by molar-refractivity contribution is 5.25. The van der Waals surface area contributed by atoms with Gasteiger partial charge in [-0.05, 0) is 25.5 Å². The lowest BCUT2D eigenvalue weighted by Gasteiger charge is -2.22. The Morgan fingerprint density at radius 2 is 1.75 bits per heavy atom. The van der Waals surface area contributed by atoms with E-state index in [4.69, 9.17) is 0 Å². The van der Waals surface area contributed by atoms with Crippen molar-refractivity contribution in [1.82, 2.24) is 5.32 Å². The Bertz CT molecular complexity index is 316. The molecule has 1 atom stereocenters. The van der Waals surface area contributed by atoms with Gasteiger partial charge in [0.2, 0.25) is 0 Å². The van der Waals surface area contributed by atoms with Gasteiger partial charge in [0, 0.05) is 0 Å². The van der Waals surface area contributed by atoms with Crippen molar-refractivity contribution in [3.05, 3.63) is 35.4 Å². The number of hydrogen-bond acceptors (Lipinski definition) is 1. The molecule has 4 heteroatoms. The lowest BCUT2D eigenvalue weighted by atomic mass is 10.0. The van der Waals surface area contributed by atoms with Crippen LogP contribution in [0.1, 0.15) is 30.5 Å². The summed E-state index contributed by atoms with van der Waals surface area (Å²) in [6.07, 6.45) is -3.57. The number of rotatable bonds is 4. The van der Waals surface area contributed by atoms with Gasteiger partial charge < -0.3 is 5.32 Å². The molecule has 0 aromatic heterocycles. The maximum Gasteiger partial charge on any atom is 0.407 e. The van der Waals surface area contributed by atoms with Gasteiger partial charge in [-0.1, -0.05) is 36.8 Å². The molecule has 1 nitrogen and oxygen atoms in total. The highest BCUT2D eigenvalue weighted by Gasteiger charge is 2.40. The summed E-state index contributed by atoms with van der Waals surface area (Å²) < 4.78 is 38.3. The molecule has 0 bridgehead atoms. The molecule has 1 N–H and O–H groups in total.